The number of hydrogen-bond acceptors (Lipinski definition) is 3. The van der Waals surface area contributed by atoms with Crippen molar-refractivity contribution in [3.63, 3.8) is 0 Å². The molecule has 88 valence electrons. The summed E-state index contributed by atoms with van der Waals surface area (Å²) in [5.41, 5.74) is 0.935. The molecule has 1 heterocycles. The lowest BCUT2D eigenvalue weighted by Crippen LogP contribution is -2.15. The first-order chi connectivity index (χ1) is 8.33. The standard InChI is InChI=1S/C13H14ClN3/c14-9-5-6-12-11(7-9)13(16-8-15-12)17-10-3-1-2-4-10/h5-8,10H,1-4H2,(H,15,16,17). The number of rotatable bonds is 2. The van der Waals surface area contributed by atoms with Gasteiger partial charge in [0.05, 0.1) is 5.52 Å². The van der Waals surface area contributed by atoms with E-state index in [-0.39, 0.29) is 0 Å². The van der Waals surface area contributed by atoms with Crippen molar-refractivity contribution in [3.05, 3.63) is 29.5 Å². The molecule has 1 aliphatic rings. The fraction of sp³-hybridized carbons (Fsp3) is 0.385. The molecule has 1 saturated carbocycles. The van der Waals surface area contributed by atoms with E-state index in [1.807, 2.05) is 18.2 Å². The lowest BCUT2D eigenvalue weighted by Gasteiger charge is -2.14. The van der Waals surface area contributed by atoms with Crippen LogP contribution in [0, 0.1) is 0 Å². The van der Waals surface area contributed by atoms with E-state index in [0.717, 1.165) is 21.7 Å². The lowest BCUT2D eigenvalue weighted by atomic mass is 10.2. The minimum atomic E-state index is 0.548. The van der Waals surface area contributed by atoms with Crippen molar-refractivity contribution in [2.45, 2.75) is 31.7 Å². The second-order valence-corrected chi connectivity index (χ2v) is 4.95. The minimum absolute atomic E-state index is 0.548. The molecule has 3 rings (SSSR count). The Bertz CT molecular complexity index is 535. The molecule has 0 spiro atoms. The number of halogens is 1. The molecule has 1 fully saturated rings. The van der Waals surface area contributed by atoms with Crippen LogP contribution < -0.4 is 5.32 Å². The molecule has 0 unspecified atom stereocenters. The van der Waals surface area contributed by atoms with Gasteiger partial charge in [0.1, 0.15) is 12.1 Å². The van der Waals surface area contributed by atoms with E-state index in [2.05, 4.69) is 15.3 Å². The average molecular weight is 248 g/mol. The van der Waals surface area contributed by atoms with Crippen molar-refractivity contribution in [3.8, 4) is 0 Å². The monoisotopic (exact) mass is 247 g/mol. The Morgan fingerprint density at radius 1 is 1.18 bits per heavy atom. The highest BCUT2D eigenvalue weighted by atomic mass is 35.5. The SMILES string of the molecule is Clc1ccc2ncnc(NC3CCCC3)c2c1. The zero-order valence-electron chi connectivity index (χ0n) is 9.49. The van der Waals surface area contributed by atoms with Crippen molar-refractivity contribution in [1.82, 2.24) is 9.97 Å². The van der Waals surface area contributed by atoms with Crippen LogP contribution >= 0.6 is 11.6 Å². The van der Waals surface area contributed by atoms with Crippen molar-refractivity contribution in [1.29, 1.82) is 0 Å². The van der Waals surface area contributed by atoms with Gasteiger partial charge in [-0.15, -0.1) is 0 Å². The molecule has 1 aromatic heterocycles. The molecule has 2 aromatic rings. The summed E-state index contributed by atoms with van der Waals surface area (Å²) in [6.07, 6.45) is 6.68. The highest BCUT2D eigenvalue weighted by molar-refractivity contribution is 6.31. The molecule has 1 aromatic carbocycles. The maximum absolute atomic E-state index is 6.02. The van der Waals surface area contributed by atoms with Crippen molar-refractivity contribution in [2.75, 3.05) is 5.32 Å². The Balaban J connectivity index is 1.99. The van der Waals surface area contributed by atoms with Crippen molar-refractivity contribution in [2.24, 2.45) is 0 Å². The third-order valence-electron chi connectivity index (χ3n) is 3.29. The van der Waals surface area contributed by atoms with E-state index in [4.69, 9.17) is 11.6 Å². The van der Waals surface area contributed by atoms with E-state index in [1.54, 1.807) is 6.33 Å². The fourth-order valence-electron chi connectivity index (χ4n) is 2.41. The van der Waals surface area contributed by atoms with Crippen molar-refractivity contribution >= 4 is 28.3 Å². The zero-order chi connectivity index (χ0) is 11.7. The lowest BCUT2D eigenvalue weighted by molar-refractivity contribution is 0.751. The fourth-order valence-corrected chi connectivity index (χ4v) is 2.58. The zero-order valence-corrected chi connectivity index (χ0v) is 10.2. The first-order valence-electron chi connectivity index (χ1n) is 6.00. The third kappa shape index (κ3) is 2.20. The second-order valence-electron chi connectivity index (χ2n) is 4.51. The summed E-state index contributed by atoms with van der Waals surface area (Å²) in [7, 11) is 0. The summed E-state index contributed by atoms with van der Waals surface area (Å²) in [5.74, 6) is 0.907. The van der Waals surface area contributed by atoms with Gasteiger partial charge in [0.15, 0.2) is 0 Å². The van der Waals surface area contributed by atoms with Crippen LogP contribution in [0.1, 0.15) is 25.7 Å². The molecule has 0 bridgehead atoms. The van der Waals surface area contributed by atoms with E-state index < -0.39 is 0 Å². The highest BCUT2D eigenvalue weighted by Gasteiger charge is 2.16. The number of anilines is 1. The molecule has 0 amide bonds. The van der Waals surface area contributed by atoms with Crippen LogP contribution in [0.15, 0.2) is 24.5 Å². The van der Waals surface area contributed by atoms with Crippen LogP contribution in [0.5, 0.6) is 0 Å². The minimum Gasteiger partial charge on any atom is -0.367 e. The Labute approximate surface area is 105 Å². The maximum atomic E-state index is 6.02. The van der Waals surface area contributed by atoms with Gasteiger partial charge in [-0.1, -0.05) is 24.4 Å². The maximum Gasteiger partial charge on any atom is 0.137 e. The molecule has 4 heteroatoms. The van der Waals surface area contributed by atoms with Crippen LogP contribution in [0.2, 0.25) is 5.02 Å². The van der Waals surface area contributed by atoms with Crippen molar-refractivity contribution < 1.29 is 0 Å². The summed E-state index contributed by atoms with van der Waals surface area (Å²) in [5, 5.41) is 5.23. The largest absolute Gasteiger partial charge is 0.367 e. The Hall–Kier alpha value is -1.35. The molecule has 3 nitrogen and oxygen atoms in total. The van der Waals surface area contributed by atoms with Gasteiger partial charge in [0.25, 0.3) is 0 Å². The molecule has 17 heavy (non-hydrogen) atoms. The molecular formula is C13H14ClN3. The molecule has 0 saturated heterocycles. The van der Waals surface area contributed by atoms with Gasteiger partial charge in [-0.05, 0) is 31.0 Å². The van der Waals surface area contributed by atoms with Crippen LogP contribution in [-0.2, 0) is 0 Å². The Morgan fingerprint density at radius 2 is 2.00 bits per heavy atom. The van der Waals surface area contributed by atoms with Crippen LogP contribution in [0.3, 0.4) is 0 Å². The number of benzene rings is 1. The van der Waals surface area contributed by atoms with E-state index in [1.165, 1.54) is 25.7 Å². The number of hydrogen-bond donors (Lipinski definition) is 1. The topological polar surface area (TPSA) is 37.8 Å². The van der Waals surface area contributed by atoms with Gasteiger partial charge in [0, 0.05) is 16.5 Å². The summed E-state index contributed by atoms with van der Waals surface area (Å²) in [4.78, 5) is 8.58. The number of nitrogens with zero attached hydrogens (tertiary/aromatic N) is 2. The summed E-state index contributed by atoms with van der Waals surface area (Å²) in [6, 6.07) is 6.26. The molecule has 0 atom stereocenters. The highest BCUT2D eigenvalue weighted by Crippen LogP contribution is 2.26. The molecule has 0 aliphatic heterocycles. The third-order valence-corrected chi connectivity index (χ3v) is 3.53. The number of aromatic nitrogens is 2. The van der Waals surface area contributed by atoms with Gasteiger partial charge in [-0.3, -0.25) is 0 Å². The van der Waals surface area contributed by atoms with Gasteiger partial charge < -0.3 is 5.32 Å². The van der Waals surface area contributed by atoms with Gasteiger partial charge in [0.2, 0.25) is 0 Å². The summed E-state index contributed by atoms with van der Waals surface area (Å²) >= 11 is 6.02. The van der Waals surface area contributed by atoms with Crippen LogP contribution in [0.25, 0.3) is 10.9 Å². The second kappa shape index (κ2) is 4.49. The number of nitrogens with one attached hydrogen (secondary N) is 1. The van der Waals surface area contributed by atoms with Crippen LogP contribution in [-0.4, -0.2) is 16.0 Å². The summed E-state index contributed by atoms with van der Waals surface area (Å²) < 4.78 is 0. The van der Waals surface area contributed by atoms with Gasteiger partial charge >= 0.3 is 0 Å². The Morgan fingerprint density at radius 3 is 2.82 bits per heavy atom. The molecular weight excluding hydrogens is 234 g/mol. The first-order valence-corrected chi connectivity index (χ1v) is 6.37. The molecule has 1 aliphatic carbocycles. The molecule has 1 N–H and O–H groups in total. The van der Waals surface area contributed by atoms with E-state index in [9.17, 15) is 0 Å². The van der Waals surface area contributed by atoms with E-state index >= 15 is 0 Å². The molecule has 0 radical (unpaired) electrons. The average Bonchev–Trinajstić information content (AvgIpc) is 2.83. The quantitative estimate of drug-likeness (QED) is 0.881. The Kier molecular flexibility index (Phi) is 2.85. The normalized spacial score (nSPS) is 16.5. The van der Waals surface area contributed by atoms with E-state index in [0.29, 0.717) is 6.04 Å². The summed E-state index contributed by atoms with van der Waals surface area (Å²) in [6.45, 7) is 0. The predicted octanol–water partition coefficient (Wildman–Crippen LogP) is 3.64. The van der Waals surface area contributed by atoms with Gasteiger partial charge in [-0.25, -0.2) is 9.97 Å². The predicted molar refractivity (Wildman–Crippen MR) is 70.4 cm³/mol. The number of fused-ring (bicyclic) bond motifs is 1. The van der Waals surface area contributed by atoms with Crippen LogP contribution in [0.4, 0.5) is 5.82 Å². The van der Waals surface area contributed by atoms with Gasteiger partial charge in [-0.2, -0.15) is 0 Å². The smallest absolute Gasteiger partial charge is 0.137 e. The first kappa shape index (κ1) is 10.8.